The molecule has 1 aromatic heterocycles. The SMILES string of the molecule is c1ccc(-c2ccc(N(c3ccc4c5ccccc5n(-c5c(-c6ccccc6)ccc6ccccc56)c4c3)c3ccccc3-c3ccccc3)cc2)cc1. The van der Waals surface area contributed by atoms with E-state index in [1.807, 2.05) is 0 Å². The van der Waals surface area contributed by atoms with Crippen LogP contribution in [-0.2, 0) is 0 Å². The van der Waals surface area contributed by atoms with Crippen LogP contribution in [0.2, 0.25) is 0 Å². The zero-order chi connectivity index (χ0) is 35.8. The van der Waals surface area contributed by atoms with Gasteiger partial charge in [0.15, 0.2) is 0 Å². The van der Waals surface area contributed by atoms with Gasteiger partial charge in [-0.15, -0.1) is 0 Å². The second-order valence-corrected chi connectivity index (χ2v) is 13.7. The van der Waals surface area contributed by atoms with E-state index in [2.05, 4.69) is 228 Å². The van der Waals surface area contributed by atoms with Gasteiger partial charge in [0.05, 0.1) is 22.4 Å². The number of anilines is 3. The lowest BCUT2D eigenvalue weighted by atomic mass is 9.98. The van der Waals surface area contributed by atoms with E-state index in [0.717, 1.165) is 22.6 Å². The minimum absolute atomic E-state index is 1.09. The van der Waals surface area contributed by atoms with Crippen molar-refractivity contribution in [3.63, 3.8) is 0 Å². The maximum atomic E-state index is 2.50. The molecule has 0 atom stereocenters. The van der Waals surface area contributed by atoms with Crippen molar-refractivity contribution < 1.29 is 0 Å². The van der Waals surface area contributed by atoms with Gasteiger partial charge >= 0.3 is 0 Å². The normalized spacial score (nSPS) is 11.3. The van der Waals surface area contributed by atoms with Crippen LogP contribution in [-0.4, -0.2) is 4.57 Å². The van der Waals surface area contributed by atoms with Crippen molar-refractivity contribution in [1.29, 1.82) is 0 Å². The predicted molar refractivity (Wildman–Crippen MR) is 229 cm³/mol. The van der Waals surface area contributed by atoms with Crippen molar-refractivity contribution in [2.45, 2.75) is 0 Å². The van der Waals surface area contributed by atoms with Gasteiger partial charge in [0.25, 0.3) is 0 Å². The van der Waals surface area contributed by atoms with Crippen LogP contribution in [0.5, 0.6) is 0 Å². The Hall–Kier alpha value is -7.16. The van der Waals surface area contributed by atoms with Crippen LogP contribution in [0.25, 0.3) is 71.6 Å². The maximum Gasteiger partial charge on any atom is 0.0618 e. The lowest BCUT2D eigenvalue weighted by Gasteiger charge is -2.28. The van der Waals surface area contributed by atoms with Crippen LogP contribution in [0.4, 0.5) is 17.1 Å². The molecule has 0 aliphatic heterocycles. The summed E-state index contributed by atoms with van der Waals surface area (Å²) < 4.78 is 2.50. The minimum Gasteiger partial charge on any atom is -0.310 e. The van der Waals surface area contributed by atoms with Crippen molar-refractivity contribution in [2.24, 2.45) is 0 Å². The van der Waals surface area contributed by atoms with Crippen LogP contribution in [0, 0.1) is 0 Å². The second-order valence-electron chi connectivity index (χ2n) is 13.7. The van der Waals surface area contributed by atoms with Gasteiger partial charge in [0.1, 0.15) is 0 Å². The molecule has 0 fully saturated rings. The molecular weight excluding hydrogens is 653 g/mol. The third kappa shape index (κ3) is 5.44. The van der Waals surface area contributed by atoms with Gasteiger partial charge in [-0.3, -0.25) is 0 Å². The highest BCUT2D eigenvalue weighted by Crippen LogP contribution is 2.45. The summed E-state index contributed by atoms with van der Waals surface area (Å²) in [6.45, 7) is 0. The highest BCUT2D eigenvalue weighted by atomic mass is 15.1. The molecule has 9 aromatic carbocycles. The monoisotopic (exact) mass is 688 g/mol. The molecule has 0 saturated carbocycles. The first-order valence-corrected chi connectivity index (χ1v) is 18.5. The molecule has 0 radical (unpaired) electrons. The lowest BCUT2D eigenvalue weighted by molar-refractivity contribution is 1.19. The molecule has 0 bridgehead atoms. The quantitative estimate of drug-likeness (QED) is 0.162. The van der Waals surface area contributed by atoms with E-state index in [9.17, 15) is 0 Å². The van der Waals surface area contributed by atoms with Gasteiger partial charge in [-0.05, 0) is 64.0 Å². The molecule has 2 nitrogen and oxygen atoms in total. The number of benzene rings is 9. The fraction of sp³-hybridized carbons (Fsp3) is 0. The first kappa shape index (κ1) is 31.6. The highest BCUT2D eigenvalue weighted by molar-refractivity contribution is 6.13. The molecule has 10 aromatic rings. The van der Waals surface area contributed by atoms with E-state index in [1.165, 1.54) is 66.1 Å². The molecular formula is C52H36N2. The van der Waals surface area contributed by atoms with Crippen molar-refractivity contribution in [3.8, 4) is 39.1 Å². The number of aromatic nitrogens is 1. The molecule has 0 aliphatic carbocycles. The van der Waals surface area contributed by atoms with E-state index in [-0.39, 0.29) is 0 Å². The van der Waals surface area contributed by atoms with Crippen LogP contribution in [0.1, 0.15) is 0 Å². The minimum atomic E-state index is 1.09. The molecule has 0 aliphatic rings. The number of hydrogen-bond donors (Lipinski definition) is 0. The summed E-state index contributed by atoms with van der Waals surface area (Å²) in [5, 5.41) is 4.88. The van der Waals surface area contributed by atoms with Crippen molar-refractivity contribution in [1.82, 2.24) is 4.57 Å². The molecule has 0 saturated heterocycles. The van der Waals surface area contributed by atoms with E-state index < -0.39 is 0 Å². The van der Waals surface area contributed by atoms with Crippen molar-refractivity contribution in [3.05, 3.63) is 218 Å². The Labute approximate surface area is 315 Å². The van der Waals surface area contributed by atoms with Gasteiger partial charge in [0.2, 0.25) is 0 Å². The fourth-order valence-electron chi connectivity index (χ4n) is 8.08. The summed E-state index contributed by atoms with van der Waals surface area (Å²) in [6, 6.07) is 78.9. The van der Waals surface area contributed by atoms with E-state index >= 15 is 0 Å². The Kier molecular flexibility index (Phi) is 7.85. The van der Waals surface area contributed by atoms with Crippen LogP contribution >= 0.6 is 0 Å². The smallest absolute Gasteiger partial charge is 0.0618 e. The van der Waals surface area contributed by atoms with E-state index in [1.54, 1.807) is 0 Å². The number of fused-ring (bicyclic) bond motifs is 4. The third-order valence-electron chi connectivity index (χ3n) is 10.6. The second kappa shape index (κ2) is 13.4. The molecule has 10 rings (SSSR count). The van der Waals surface area contributed by atoms with E-state index in [4.69, 9.17) is 0 Å². The summed E-state index contributed by atoms with van der Waals surface area (Å²) in [4.78, 5) is 2.42. The molecule has 0 spiro atoms. The number of hydrogen-bond acceptors (Lipinski definition) is 1. The first-order chi connectivity index (χ1) is 26.8. The number of nitrogens with zero attached hydrogens (tertiary/aromatic N) is 2. The molecule has 54 heavy (non-hydrogen) atoms. The molecule has 254 valence electrons. The largest absolute Gasteiger partial charge is 0.310 e. The van der Waals surface area contributed by atoms with Crippen molar-refractivity contribution in [2.75, 3.05) is 4.90 Å². The number of para-hydroxylation sites is 2. The third-order valence-corrected chi connectivity index (χ3v) is 10.6. The first-order valence-electron chi connectivity index (χ1n) is 18.5. The van der Waals surface area contributed by atoms with Gasteiger partial charge in [-0.1, -0.05) is 182 Å². The Balaban J connectivity index is 1.26. The zero-order valence-electron chi connectivity index (χ0n) is 29.7. The van der Waals surface area contributed by atoms with Crippen molar-refractivity contribution >= 4 is 49.6 Å². The Morgan fingerprint density at radius 2 is 0.852 bits per heavy atom. The molecule has 0 N–H and O–H groups in total. The predicted octanol–water partition coefficient (Wildman–Crippen LogP) is 14.4. The van der Waals surface area contributed by atoms with Gasteiger partial charge in [-0.2, -0.15) is 0 Å². The summed E-state index contributed by atoms with van der Waals surface area (Å²) in [6.07, 6.45) is 0. The summed E-state index contributed by atoms with van der Waals surface area (Å²) in [5.74, 6) is 0. The summed E-state index contributed by atoms with van der Waals surface area (Å²) >= 11 is 0. The molecule has 2 heteroatoms. The van der Waals surface area contributed by atoms with Crippen LogP contribution < -0.4 is 4.90 Å². The summed E-state index contributed by atoms with van der Waals surface area (Å²) in [7, 11) is 0. The number of rotatable bonds is 7. The van der Waals surface area contributed by atoms with Crippen LogP contribution in [0.3, 0.4) is 0 Å². The average Bonchev–Trinajstić information content (AvgIpc) is 3.58. The van der Waals surface area contributed by atoms with Gasteiger partial charge < -0.3 is 9.47 Å². The maximum absolute atomic E-state index is 2.50. The molecule has 1 heterocycles. The Morgan fingerprint density at radius 1 is 0.315 bits per heavy atom. The fourth-order valence-corrected chi connectivity index (χ4v) is 8.08. The zero-order valence-corrected chi connectivity index (χ0v) is 29.7. The molecule has 0 unspecified atom stereocenters. The topological polar surface area (TPSA) is 8.17 Å². The Bertz CT molecular complexity index is 2910. The Morgan fingerprint density at radius 3 is 1.59 bits per heavy atom. The van der Waals surface area contributed by atoms with Gasteiger partial charge in [0, 0.05) is 38.7 Å². The average molecular weight is 689 g/mol. The summed E-state index contributed by atoms with van der Waals surface area (Å²) in [5.41, 5.74) is 14.0. The molecule has 0 amide bonds. The lowest BCUT2D eigenvalue weighted by Crippen LogP contribution is -2.11. The van der Waals surface area contributed by atoms with E-state index in [0.29, 0.717) is 0 Å². The standard InChI is InChI=1S/C52H36N2/c1-4-16-37(17-5-1)38-28-31-42(32-29-38)53(49-26-14-12-23-44(49)39-18-6-2-7-19-39)43-33-35-48-47-25-13-15-27-50(47)54(51(48)36-43)52-45-24-11-10-22-41(45)30-34-46(52)40-20-8-3-9-21-40/h1-36H. The highest BCUT2D eigenvalue weighted by Gasteiger charge is 2.22. The van der Waals surface area contributed by atoms with Crippen LogP contribution in [0.15, 0.2) is 218 Å². The van der Waals surface area contributed by atoms with Gasteiger partial charge in [-0.25, -0.2) is 0 Å².